The Kier molecular flexibility index (Phi) is 2.75. The predicted molar refractivity (Wildman–Crippen MR) is 57.4 cm³/mol. The molecule has 0 saturated carbocycles. The van der Waals surface area contributed by atoms with Crippen LogP contribution in [0.1, 0.15) is 48.0 Å². The van der Waals surface area contributed by atoms with Gasteiger partial charge in [0.2, 0.25) is 0 Å². The first-order valence-electron chi connectivity index (χ1n) is 5.22. The van der Waals surface area contributed by atoms with Crippen LogP contribution in [-0.4, -0.2) is 12.1 Å². The standard InChI is InChI=1S/C11H24N2/c1-10(2,3)8-7-9(13-12-8)11(4,5)6/h8-9,12-13H,7H2,1-6H3. The molecule has 2 heteroatoms. The van der Waals surface area contributed by atoms with E-state index in [-0.39, 0.29) is 0 Å². The molecule has 0 aromatic rings. The van der Waals surface area contributed by atoms with Crippen molar-refractivity contribution in [3.63, 3.8) is 0 Å². The molecule has 1 rings (SSSR count). The molecule has 2 N–H and O–H groups in total. The van der Waals surface area contributed by atoms with E-state index in [2.05, 4.69) is 52.4 Å². The van der Waals surface area contributed by atoms with Gasteiger partial charge < -0.3 is 0 Å². The van der Waals surface area contributed by atoms with E-state index < -0.39 is 0 Å². The van der Waals surface area contributed by atoms with E-state index in [1.54, 1.807) is 0 Å². The van der Waals surface area contributed by atoms with Crippen LogP contribution >= 0.6 is 0 Å². The Morgan fingerprint density at radius 1 is 0.769 bits per heavy atom. The first-order valence-corrected chi connectivity index (χ1v) is 5.22. The third kappa shape index (κ3) is 2.68. The monoisotopic (exact) mass is 184 g/mol. The lowest BCUT2D eigenvalue weighted by Gasteiger charge is -2.28. The van der Waals surface area contributed by atoms with E-state index in [4.69, 9.17) is 0 Å². The van der Waals surface area contributed by atoms with E-state index in [0.29, 0.717) is 22.9 Å². The van der Waals surface area contributed by atoms with Gasteiger partial charge in [-0.3, -0.25) is 10.9 Å². The van der Waals surface area contributed by atoms with Gasteiger partial charge in [-0.1, -0.05) is 41.5 Å². The highest BCUT2D eigenvalue weighted by Crippen LogP contribution is 2.31. The molecule has 78 valence electrons. The first-order chi connectivity index (χ1) is 5.71. The van der Waals surface area contributed by atoms with Gasteiger partial charge in [0.05, 0.1) is 0 Å². The molecule has 1 saturated heterocycles. The maximum absolute atomic E-state index is 3.40. The highest BCUT2D eigenvalue weighted by atomic mass is 15.4. The molecular formula is C11H24N2. The summed E-state index contributed by atoms with van der Waals surface area (Å²) >= 11 is 0. The average Bonchev–Trinajstić information content (AvgIpc) is 2.28. The van der Waals surface area contributed by atoms with Gasteiger partial charge in [0, 0.05) is 12.1 Å². The maximum atomic E-state index is 3.40. The van der Waals surface area contributed by atoms with E-state index in [0.717, 1.165) is 0 Å². The van der Waals surface area contributed by atoms with E-state index >= 15 is 0 Å². The summed E-state index contributed by atoms with van der Waals surface area (Å²) in [6.45, 7) is 13.7. The Balaban J connectivity index is 2.55. The highest BCUT2D eigenvalue weighted by molar-refractivity contribution is 4.93. The third-order valence-corrected chi connectivity index (χ3v) is 2.99. The van der Waals surface area contributed by atoms with Gasteiger partial charge in [0.1, 0.15) is 0 Å². The normalized spacial score (nSPS) is 30.9. The molecule has 2 unspecified atom stereocenters. The summed E-state index contributed by atoms with van der Waals surface area (Å²) in [6.07, 6.45) is 1.23. The second-order valence-electron chi connectivity index (χ2n) is 6.36. The van der Waals surface area contributed by atoms with Crippen LogP contribution in [-0.2, 0) is 0 Å². The van der Waals surface area contributed by atoms with Crippen molar-refractivity contribution in [1.82, 2.24) is 10.9 Å². The maximum Gasteiger partial charge on any atom is 0.0277 e. The summed E-state index contributed by atoms with van der Waals surface area (Å²) in [4.78, 5) is 0. The molecule has 0 spiro atoms. The van der Waals surface area contributed by atoms with Crippen molar-refractivity contribution in [2.24, 2.45) is 10.8 Å². The molecule has 0 aromatic heterocycles. The molecule has 1 heterocycles. The second-order valence-corrected chi connectivity index (χ2v) is 6.36. The van der Waals surface area contributed by atoms with E-state index in [9.17, 15) is 0 Å². The van der Waals surface area contributed by atoms with Crippen LogP contribution < -0.4 is 10.9 Å². The molecule has 13 heavy (non-hydrogen) atoms. The summed E-state index contributed by atoms with van der Waals surface area (Å²) in [5.74, 6) is 0. The van der Waals surface area contributed by atoms with Crippen molar-refractivity contribution in [2.75, 3.05) is 0 Å². The molecule has 0 amide bonds. The van der Waals surface area contributed by atoms with Gasteiger partial charge in [-0.25, -0.2) is 0 Å². The van der Waals surface area contributed by atoms with Gasteiger partial charge >= 0.3 is 0 Å². The molecule has 1 fully saturated rings. The smallest absolute Gasteiger partial charge is 0.0277 e. The van der Waals surface area contributed by atoms with E-state index in [1.807, 2.05) is 0 Å². The van der Waals surface area contributed by atoms with Crippen molar-refractivity contribution in [2.45, 2.75) is 60.0 Å². The minimum Gasteiger partial charge on any atom is -0.254 e. The highest BCUT2D eigenvalue weighted by Gasteiger charge is 2.37. The van der Waals surface area contributed by atoms with Crippen LogP contribution in [0, 0.1) is 10.8 Å². The zero-order valence-electron chi connectivity index (χ0n) is 9.86. The molecular weight excluding hydrogens is 160 g/mol. The number of hydrazine groups is 1. The second kappa shape index (κ2) is 3.25. The lowest BCUT2D eigenvalue weighted by Crippen LogP contribution is -2.42. The lowest BCUT2D eigenvalue weighted by atomic mass is 9.79. The van der Waals surface area contributed by atoms with Crippen molar-refractivity contribution < 1.29 is 0 Å². The fourth-order valence-electron chi connectivity index (χ4n) is 1.69. The van der Waals surface area contributed by atoms with Crippen molar-refractivity contribution in [3.05, 3.63) is 0 Å². The van der Waals surface area contributed by atoms with Crippen molar-refractivity contribution >= 4 is 0 Å². The van der Waals surface area contributed by atoms with Crippen LogP contribution in [0.25, 0.3) is 0 Å². The zero-order valence-corrected chi connectivity index (χ0v) is 9.86. The Hall–Kier alpha value is -0.0800. The molecule has 2 nitrogen and oxygen atoms in total. The summed E-state index contributed by atoms with van der Waals surface area (Å²) in [6, 6.07) is 1.19. The van der Waals surface area contributed by atoms with Gasteiger partial charge in [-0.05, 0) is 17.3 Å². The minimum atomic E-state index is 0.354. The van der Waals surface area contributed by atoms with Crippen LogP contribution in [0.4, 0.5) is 0 Å². The summed E-state index contributed by atoms with van der Waals surface area (Å²) in [5, 5.41) is 0. The Bertz CT molecular complexity index is 154. The van der Waals surface area contributed by atoms with Crippen LogP contribution in [0.15, 0.2) is 0 Å². The van der Waals surface area contributed by atoms with Crippen molar-refractivity contribution in [1.29, 1.82) is 0 Å². The van der Waals surface area contributed by atoms with Crippen LogP contribution in [0.3, 0.4) is 0 Å². The van der Waals surface area contributed by atoms with Crippen LogP contribution in [0.5, 0.6) is 0 Å². The molecule has 1 aliphatic heterocycles. The van der Waals surface area contributed by atoms with Gasteiger partial charge in [-0.15, -0.1) is 0 Å². The molecule has 0 aliphatic carbocycles. The number of hydrogen-bond acceptors (Lipinski definition) is 2. The number of rotatable bonds is 0. The number of nitrogens with one attached hydrogen (secondary N) is 2. The largest absolute Gasteiger partial charge is 0.254 e. The molecule has 0 aromatic carbocycles. The fraction of sp³-hybridized carbons (Fsp3) is 1.00. The average molecular weight is 184 g/mol. The third-order valence-electron chi connectivity index (χ3n) is 2.99. The van der Waals surface area contributed by atoms with Crippen LogP contribution in [0.2, 0.25) is 0 Å². The van der Waals surface area contributed by atoms with Crippen molar-refractivity contribution in [3.8, 4) is 0 Å². The van der Waals surface area contributed by atoms with Gasteiger partial charge in [0.15, 0.2) is 0 Å². The minimum absolute atomic E-state index is 0.354. The van der Waals surface area contributed by atoms with Gasteiger partial charge in [-0.2, -0.15) is 0 Å². The number of hydrogen-bond donors (Lipinski definition) is 2. The summed E-state index contributed by atoms with van der Waals surface area (Å²) in [5.41, 5.74) is 7.51. The topological polar surface area (TPSA) is 24.1 Å². The Morgan fingerprint density at radius 3 is 1.23 bits per heavy atom. The molecule has 2 atom stereocenters. The summed E-state index contributed by atoms with van der Waals surface area (Å²) < 4.78 is 0. The van der Waals surface area contributed by atoms with Gasteiger partial charge in [0.25, 0.3) is 0 Å². The summed E-state index contributed by atoms with van der Waals surface area (Å²) in [7, 11) is 0. The lowest BCUT2D eigenvalue weighted by molar-refractivity contribution is 0.272. The predicted octanol–water partition coefficient (Wildman–Crippen LogP) is 2.31. The molecule has 1 aliphatic rings. The molecule has 0 bridgehead atoms. The SMILES string of the molecule is CC(C)(C)C1CC(C(C)(C)C)NN1. The van der Waals surface area contributed by atoms with E-state index in [1.165, 1.54) is 6.42 Å². The Labute approximate surface area is 82.5 Å². The Morgan fingerprint density at radius 2 is 1.08 bits per heavy atom. The fourth-order valence-corrected chi connectivity index (χ4v) is 1.69. The molecule has 0 radical (unpaired) electrons. The quantitative estimate of drug-likeness (QED) is 0.603. The zero-order chi connectivity index (χ0) is 10.3. The first kappa shape index (κ1) is 11.0.